The van der Waals surface area contributed by atoms with E-state index in [1.807, 2.05) is 0 Å². The first kappa shape index (κ1) is 11.3. The van der Waals surface area contributed by atoms with Gasteiger partial charge in [-0.2, -0.15) is 0 Å². The van der Waals surface area contributed by atoms with Crippen molar-refractivity contribution in [2.75, 3.05) is 0 Å². The third kappa shape index (κ3) is 1.38. The van der Waals surface area contributed by atoms with Crippen LogP contribution in [0.15, 0.2) is 24.3 Å². The van der Waals surface area contributed by atoms with Gasteiger partial charge < -0.3 is 23.4 Å². The number of H-pyrrole nitrogens is 1. The number of phenolic OH excluding ortho intramolecular Hbond substituents is 3. The molecule has 0 aliphatic heterocycles. The minimum absolute atomic E-state index is 0.00664. The highest BCUT2D eigenvalue weighted by Gasteiger charge is 2.16. The molecule has 3 rings (SSSR count). The first-order chi connectivity index (χ1) is 8.63. The highest BCUT2D eigenvalue weighted by Crippen LogP contribution is 2.42. The molecule has 18 heavy (non-hydrogen) atoms. The number of hydrogen-bond acceptors (Lipinski definition) is 4. The van der Waals surface area contributed by atoms with Crippen LogP contribution in [0.4, 0.5) is 0 Å². The molecule has 0 aliphatic rings. The molecule has 92 valence electrons. The average Bonchev–Trinajstić information content (AvgIpc) is 2.73. The summed E-state index contributed by atoms with van der Waals surface area (Å²) in [5.74, 6) is -0.117. The van der Waals surface area contributed by atoms with Gasteiger partial charge in [0.2, 0.25) is 0 Å². The van der Waals surface area contributed by atoms with E-state index in [1.165, 1.54) is 12.1 Å². The topological polar surface area (TPSA) is 85.7 Å². The van der Waals surface area contributed by atoms with Gasteiger partial charge >= 0.3 is 0 Å². The van der Waals surface area contributed by atoms with Crippen LogP contribution in [0.3, 0.4) is 0 Å². The molecule has 0 spiro atoms. The maximum atomic E-state index is 9.81. The lowest BCUT2D eigenvalue weighted by atomic mass is 10.1. The molecule has 4 N–H and O–H groups in total. The largest absolute Gasteiger partial charge is 0.504 e. The van der Waals surface area contributed by atoms with E-state index in [2.05, 4.69) is 4.98 Å². The Morgan fingerprint density at radius 3 is 2.17 bits per heavy atom. The summed E-state index contributed by atoms with van der Waals surface area (Å²) in [6.45, 7) is 0. The second-order valence-corrected chi connectivity index (χ2v) is 4.33. The molecule has 0 bridgehead atoms. The quantitative estimate of drug-likeness (QED) is 0.398. The fraction of sp³-hybridized carbons (Fsp3) is 0. The third-order valence-electron chi connectivity index (χ3n) is 2.91. The number of aromatic hydroxyl groups is 3. The number of fused-ring (bicyclic) bond motifs is 3. The molecule has 2 aromatic carbocycles. The van der Waals surface area contributed by atoms with Crippen LogP contribution < -0.4 is 3.07 Å². The van der Waals surface area contributed by atoms with Crippen LogP contribution in [-0.2, 0) is 0 Å². The molecular weight excluding hydrogens is 349 g/mol. The molecule has 6 heteroatoms. The third-order valence-corrected chi connectivity index (χ3v) is 3.35. The minimum atomic E-state index is -0.220. The van der Waals surface area contributed by atoms with Crippen molar-refractivity contribution in [2.45, 2.75) is 0 Å². The smallest absolute Gasteiger partial charge is 0.199 e. The van der Waals surface area contributed by atoms with E-state index in [9.17, 15) is 15.3 Å². The predicted octanol–water partition coefficient (Wildman–Crippen LogP) is 3.17. The van der Waals surface area contributed by atoms with E-state index in [0.29, 0.717) is 16.8 Å². The lowest BCUT2D eigenvalue weighted by molar-refractivity contribution is 0.407. The van der Waals surface area contributed by atoms with Gasteiger partial charge in [-0.1, -0.05) is 0 Å². The molecule has 0 saturated carbocycles. The van der Waals surface area contributed by atoms with E-state index in [4.69, 9.17) is 3.07 Å². The van der Waals surface area contributed by atoms with Gasteiger partial charge in [0.15, 0.2) is 46.0 Å². The SMILES string of the molecule is Oc1ccc2c([nH]c3c(OI)c(O)ccc32)c1O. The maximum Gasteiger partial charge on any atom is 0.199 e. The number of aromatic nitrogens is 1. The summed E-state index contributed by atoms with van der Waals surface area (Å²) < 4.78 is 5.10. The van der Waals surface area contributed by atoms with Crippen molar-refractivity contribution in [3.8, 4) is 23.0 Å². The summed E-state index contributed by atoms with van der Waals surface area (Å²) in [7, 11) is 0. The van der Waals surface area contributed by atoms with Crippen molar-refractivity contribution >= 4 is 44.8 Å². The van der Waals surface area contributed by atoms with Gasteiger partial charge in [0.25, 0.3) is 0 Å². The van der Waals surface area contributed by atoms with Gasteiger partial charge in [0, 0.05) is 10.8 Å². The number of benzene rings is 2. The fourth-order valence-corrected chi connectivity index (χ4v) is 2.50. The van der Waals surface area contributed by atoms with Gasteiger partial charge in [-0.15, -0.1) is 0 Å². The second kappa shape index (κ2) is 3.84. The van der Waals surface area contributed by atoms with E-state index in [-0.39, 0.29) is 17.2 Å². The summed E-state index contributed by atoms with van der Waals surface area (Å²) in [5.41, 5.74) is 0.977. The fourth-order valence-electron chi connectivity index (χ4n) is 2.05. The van der Waals surface area contributed by atoms with Gasteiger partial charge in [-0.05, 0) is 24.3 Å². The Morgan fingerprint density at radius 1 is 0.889 bits per heavy atom. The summed E-state index contributed by atoms with van der Waals surface area (Å²) in [6, 6.07) is 6.35. The van der Waals surface area contributed by atoms with Crippen LogP contribution in [0.25, 0.3) is 21.8 Å². The lowest BCUT2D eigenvalue weighted by Gasteiger charge is -2.01. The normalized spacial score (nSPS) is 11.2. The zero-order valence-electron chi connectivity index (χ0n) is 8.94. The molecule has 1 heterocycles. The second-order valence-electron chi connectivity index (χ2n) is 3.89. The summed E-state index contributed by atoms with van der Waals surface area (Å²) >= 11 is 1.68. The highest BCUT2D eigenvalue weighted by molar-refractivity contribution is 14.1. The predicted molar refractivity (Wildman–Crippen MR) is 75.4 cm³/mol. The van der Waals surface area contributed by atoms with Gasteiger partial charge in [-0.3, -0.25) is 0 Å². The van der Waals surface area contributed by atoms with E-state index < -0.39 is 0 Å². The van der Waals surface area contributed by atoms with Crippen molar-refractivity contribution in [2.24, 2.45) is 0 Å². The number of halogens is 1. The van der Waals surface area contributed by atoms with Gasteiger partial charge in [0.1, 0.15) is 0 Å². The number of aromatic amines is 1. The molecule has 0 radical (unpaired) electrons. The van der Waals surface area contributed by atoms with E-state index in [0.717, 1.165) is 10.8 Å². The minimum Gasteiger partial charge on any atom is -0.504 e. The van der Waals surface area contributed by atoms with E-state index >= 15 is 0 Å². The van der Waals surface area contributed by atoms with Crippen molar-refractivity contribution < 1.29 is 18.4 Å². The Bertz CT molecular complexity index is 766. The Morgan fingerprint density at radius 2 is 1.50 bits per heavy atom. The zero-order valence-corrected chi connectivity index (χ0v) is 11.1. The number of nitrogens with one attached hydrogen (secondary N) is 1. The lowest BCUT2D eigenvalue weighted by Crippen LogP contribution is -1.78. The molecule has 0 fully saturated rings. The molecule has 0 saturated heterocycles. The first-order valence-electron chi connectivity index (χ1n) is 5.10. The molecule has 3 aromatic rings. The summed E-state index contributed by atoms with van der Waals surface area (Å²) in [6.07, 6.45) is 0. The number of rotatable bonds is 1. The Kier molecular flexibility index (Phi) is 2.40. The number of hydrogen-bond donors (Lipinski definition) is 4. The zero-order chi connectivity index (χ0) is 12.9. The van der Waals surface area contributed by atoms with Crippen LogP contribution in [-0.4, -0.2) is 20.3 Å². The van der Waals surface area contributed by atoms with Gasteiger partial charge in [0.05, 0.1) is 11.0 Å². The van der Waals surface area contributed by atoms with Crippen LogP contribution in [0.1, 0.15) is 0 Å². The van der Waals surface area contributed by atoms with Crippen molar-refractivity contribution in [1.82, 2.24) is 4.98 Å². The van der Waals surface area contributed by atoms with Crippen LogP contribution in [0.2, 0.25) is 0 Å². The molecule has 0 atom stereocenters. The van der Waals surface area contributed by atoms with Crippen molar-refractivity contribution in [3.63, 3.8) is 0 Å². The molecule has 0 unspecified atom stereocenters. The average molecular weight is 357 g/mol. The molecule has 1 aromatic heterocycles. The molecule has 5 nitrogen and oxygen atoms in total. The molecule has 0 amide bonds. The van der Waals surface area contributed by atoms with E-state index in [1.54, 1.807) is 35.1 Å². The highest BCUT2D eigenvalue weighted by atomic mass is 127. The summed E-state index contributed by atoms with van der Waals surface area (Å²) in [4.78, 5) is 2.95. The maximum absolute atomic E-state index is 9.81. The molecule has 0 aliphatic carbocycles. The van der Waals surface area contributed by atoms with Crippen LogP contribution >= 0.6 is 23.0 Å². The van der Waals surface area contributed by atoms with Crippen LogP contribution in [0.5, 0.6) is 23.0 Å². The Balaban J connectivity index is 2.54. The molecular formula is C12H8INO4. The summed E-state index contributed by atoms with van der Waals surface area (Å²) in [5, 5.41) is 30.5. The standard InChI is InChI=1S/C12H8INO4/c13-18-12-8(16)4-2-6-5-1-3-7(15)11(17)9(5)14-10(6)12/h1-4,14-17H. The Labute approximate surface area is 115 Å². The Hall–Kier alpha value is -1.83. The van der Waals surface area contributed by atoms with Crippen molar-refractivity contribution in [1.29, 1.82) is 0 Å². The van der Waals surface area contributed by atoms with Crippen molar-refractivity contribution in [3.05, 3.63) is 24.3 Å². The number of phenols is 3. The van der Waals surface area contributed by atoms with Gasteiger partial charge in [-0.25, -0.2) is 0 Å². The monoisotopic (exact) mass is 357 g/mol. The van der Waals surface area contributed by atoms with Crippen LogP contribution in [0, 0.1) is 0 Å². The first-order valence-corrected chi connectivity index (χ1v) is 5.98.